The van der Waals surface area contributed by atoms with Crippen molar-refractivity contribution in [3.05, 3.63) is 0 Å². The van der Waals surface area contributed by atoms with Crippen LogP contribution in [0.3, 0.4) is 0 Å². The lowest BCUT2D eigenvalue weighted by Crippen LogP contribution is -2.43. The van der Waals surface area contributed by atoms with Gasteiger partial charge in [-0.2, -0.15) is 0 Å². The van der Waals surface area contributed by atoms with Gasteiger partial charge in [0.25, 0.3) is 0 Å². The van der Waals surface area contributed by atoms with E-state index in [2.05, 4.69) is 17.1 Å². The van der Waals surface area contributed by atoms with Crippen molar-refractivity contribution in [1.82, 2.24) is 15.1 Å². The molecule has 0 aromatic carbocycles. The van der Waals surface area contributed by atoms with E-state index in [1.165, 1.54) is 25.7 Å². The standard InChI is InChI=1S/C19H35N3O2/c1-16-15-17(8-14-24-16)7-9-20-19(23)22-11-4-10-21(12-13-22)18-5-2-3-6-18/h16-18H,2-15H2,1H3,(H,20,23)/t16-,17-/m1/s1. The molecular formula is C19H35N3O2. The molecule has 24 heavy (non-hydrogen) atoms. The number of carbonyl (C=O) groups excluding carboxylic acids is 1. The number of hydrogen-bond donors (Lipinski definition) is 1. The normalized spacial score (nSPS) is 30.3. The smallest absolute Gasteiger partial charge is 0.317 e. The number of nitrogens with one attached hydrogen (secondary N) is 1. The lowest BCUT2D eigenvalue weighted by molar-refractivity contribution is 0.00112. The molecule has 2 saturated heterocycles. The Morgan fingerprint density at radius 2 is 1.92 bits per heavy atom. The molecule has 3 aliphatic rings. The second-order valence-electron chi connectivity index (χ2n) is 7.91. The molecule has 3 fully saturated rings. The third-order valence-electron chi connectivity index (χ3n) is 6.08. The highest BCUT2D eigenvalue weighted by Gasteiger charge is 2.26. The van der Waals surface area contributed by atoms with Crippen LogP contribution in [0.5, 0.6) is 0 Å². The summed E-state index contributed by atoms with van der Waals surface area (Å²) in [5, 5.41) is 3.15. The first-order valence-electron chi connectivity index (χ1n) is 10.1. The van der Waals surface area contributed by atoms with E-state index in [0.29, 0.717) is 12.0 Å². The highest BCUT2D eigenvalue weighted by molar-refractivity contribution is 5.74. The third kappa shape index (κ3) is 5.09. The minimum atomic E-state index is 0.142. The molecule has 0 radical (unpaired) electrons. The minimum Gasteiger partial charge on any atom is -0.378 e. The van der Waals surface area contributed by atoms with Gasteiger partial charge in [-0.25, -0.2) is 4.79 Å². The van der Waals surface area contributed by atoms with Gasteiger partial charge in [0, 0.05) is 45.4 Å². The average Bonchev–Trinajstić information content (AvgIpc) is 2.99. The molecule has 3 rings (SSSR count). The number of rotatable bonds is 4. The molecule has 0 aromatic heterocycles. The zero-order valence-corrected chi connectivity index (χ0v) is 15.3. The van der Waals surface area contributed by atoms with Crippen molar-refractivity contribution in [3.8, 4) is 0 Å². The van der Waals surface area contributed by atoms with Gasteiger partial charge in [-0.05, 0) is 51.4 Å². The quantitative estimate of drug-likeness (QED) is 0.858. The molecule has 0 bridgehead atoms. The maximum absolute atomic E-state index is 12.5. The van der Waals surface area contributed by atoms with E-state index in [-0.39, 0.29) is 6.03 Å². The molecule has 0 spiro atoms. The first-order valence-corrected chi connectivity index (χ1v) is 10.1. The number of nitrogens with zero attached hydrogens (tertiary/aromatic N) is 2. The lowest BCUT2D eigenvalue weighted by atomic mass is 9.93. The summed E-state index contributed by atoms with van der Waals surface area (Å²) in [7, 11) is 0. The van der Waals surface area contributed by atoms with Gasteiger partial charge < -0.3 is 15.0 Å². The Kier molecular flexibility index (Phi) is 6.78. The fourth-order valence-electron chi connectivity index (χ4n) is 4.62. The Balaban J connectivity index is 1.35. The Morgan fingerprint density at radius 1 is 1.08 bits per heavy atom. The number of urea groups is 1. The Bertz CT molecular complexity index is 398. The maximum atomic E-state index is 12.5. The SMILES string of the molecule is C[C@@H]1C[C@H](CCNC(=O)N2CCCN(C3CCCC3)CC2)CCO1. The molecular weight excluding hydrogens is 302 g/mol. The van der Waals surface area contributed by atoms with Crippen LogP contribution in [0.1, 0.15) is 58.3 Å². The van der Waals surface area contributed by atoms with Gasteiger partial charge in [0.2, 0.25) is 0 Å². The predicted molar refractivity (Wildman–Crippen MR) is 96.2 cm³/mol. The molecule has 0 aromatic rings. The Morgan fingerprint density at radius 3 is 2.71 bits per heavy atom. The Hall–Kier alpha value is -0.810. The van der Waals surface area contributed by atoms with E-state index in [4.69, 9.17) is 4.74 Å². The van der Waals surface area contributed by atoms with Gasteiger partial charge in [0.1, 0.15) is 0 Å². The second-order valence-corrected chi connectivity index (χ2v) is 7.91. The van der Waals surface area contributed by atoms with Crippen molar-refractivity contribution >= 4 is 6.03 Å². The van der Waals surface area contributed by atoms with E-state index in [9.17, 15) is 4.79 Å². The van der Waals surface area contributed by atoms with Crippen molar-refractivity contribution in [1.29, 1.82) is 0 Å². The van der Waals surface area contributed by atoms with Gasteiger partial charge >= 0.3 is 6.03 Å². The van der Waals surface area contributed by atoms with Gasteiger partial charge in [0.05, 0.1) is 6.10 Å². The molecule has 1 aliphatic carbocycles. The lowest BCUT2D eigenvalue weighted by Gasteiger charge is -2.28. The van der Waals surface area contributed by atoms with Crippen LogP contribution in [0, 0.1) is 5.92 Å². The summed E-state index contributed by atoms with van der Waals surface area (Å²) in [5.41, 5.74) is 0. The summed E-state index contributed by atoms with van der Waals surface area (Å²) in [6, 6.07) is 0.923. The summed E-state index contributed by atoms with van der Waals surface area (Å²) < 4.78 is 5.60. The van der Waals surface area contributed by atoms with Crippen LogP contribution in [0.4, 0.5) is 4.79 Å². The Labute approximate surface area is 147 Å². The summed E-state index contributed by atoms with van der Waals surface area (Å²) >= 11 is 0. The molecule has 2 amide bonds. The van der Waals surface area contributed by atoms with E-state index >= 15 is 0 Å². The number of ether oxygens (including phenoxy) is 1. The molecule has 1 N–H and O–H groups in total. The second kappa shape index (κ2) is 9.04. The summed E-state index contributed by atoms with van der Waals surface area (Å²) in [6.45, 7) is 7.84. The summed E-state index contributed by atoms with van der Waals surface area (Å²) in [5.74, 6) is 0.705. The summed E-state index contributed by atoms with van der Waals surface area (Å²) in [6.07, 6.45) is 10.3. The first kappa shape index (κ1) is 18.0. The predicted octanol–water partition coefficient (Wildman–Crippen LogP) is 2.85. The van der Waals surface area contributed by atoms with Crippen LogP contribution < -0.4 is 5.32 Å². The van der Waals surface area contributed by atoms with Crippen molar-refractivity contribution in [3.63, 3.8) is 0 Å². The largest absolute Gasteiger partial charge is 0.378 e. The fourth-order valence-corrected chi connectivity index (χ4v) is 4.62. The molecule has 2 heterocycles. The number of amides is 2. The zero-order valence-electron chi connectivity index (χ0n) is 15.3. The van der Waals surface area contributed by atoms with Crippen LogP contribution in [0.2, 0.25) is 0 Å². The van der Waals surface area contributed by atoms with E-state index in [1.807, 2.05) is 4.90 Å². The van der Waals surface area contributed by atoms with Crippen molar-refractivity contribution in [2.45, 2.75) is 70.4 Å². The highest BCUT2D eigenvalue weighted by atomic mass is 16.5. The topological polar surface area (TPSA) is 44.8 Å². The van der Waals surface area contributed by atoms with Crippen LogP contribution >= 0.6 is 0 Å². The van der Waals surface area contributed by atoms with Crippen molar-refractivity contribution in [2.24, 2.45) is 5.92 Å². The van der Waals surface area contributed by atoms with Crippen LogP contribution in [0.25, 0.3) is 0 Å². The minimum absolute atomic E-state index is 0.142. The van der Waals surface area contributed by atoms with E-state index < -0.39 is 0 Å². The summed E-state index contributed by atoms with van der Waals surface area (Å²) in [4.78, 5) is 17.1. The van der Waals surface area contributed by atoms with Crippen LogP contribution in [-0.4, -0.2) is 67.3 Å². The number of carbonyl (C=O) groups is 1. The van der Waals surface area contributed by atoms with Crippen LogP contribution in [-0.2, 0) is 4.74 Å². The zero-order chi connectivity index (χ0) is 16.8. The van der Waals surface area contributed by atoms with Crippen molar-refractivity contribution in [2.75, 3.05) is 39.3 Å². The third-order valence-corrected chi connectivity index (χ3v) is 6.08. The molecule has 2 aliphatic heterocycles. The molecule has 1 saturated carbocycles. The van der Waals surface area contributed by atoms with Crippen LogP contribution in [0.15, 0.2) is 0 Å². The van der Waals surface area contributed by atoms with E-state index in [0.717, 1.165) is 71.1 Å². The molecule has 2 atom stereocenters. The molecule has 138 valence electrons. The van der Waals surface area contributed by atoms with Gasteiger partial charge in [-0.1, -0.05) is 12.8 Å². The molecule has 0 unspecified atom stereocenters. The first-order chi connectivity index (χ1) is 11.7. The van der Waals surface area contributed by atoms with Crippen molar-refractivity contribution < 1.29 is 9.53 Å². The highest BCUT2D eigenvalue weighted by Crippen LogP contribution is 2.24. The number of hydrogen-bond acceptors (Lipinski definition) is 3. The fraction of sp³-hybridized carbons (Fsp3) is 0.947. The van der Waals surface area contributed by atoms with Gasteiger partial charge in [-0.15, -0.1) is 0 Å². The molecule has 5 heteroatoms. The molecule has 5 nitrogen and oxygen atoms in total. The van der Waals surface area contributed by atoms with E-state index in [1.54, 1.807) is 0 Å². The maximum Gasteiger partial charge on any atom is 0.317 e. The average molecular weight is 338 g/mol. The monoisotopic (exact) mass is 337 g/mol. The van der Waals surface area contributed by atoms with Gasteiger partial charge in [0.15, 0.2) is 0 Å². The van der Waals surface area contributed by atoms with Gasteiger partial charge in [-0.3, -0.25) is 4.90 Å².